The van der Waals surface area contributed by atoms with Gasteiger partial charge < -0.3 is 11.1 Å². The second-order valence-corrected chi connectivity index (χ2v) is 8.01. The molecule has 182 valence electrons. The van der Waals surface area contributed by atoms with E-state index in [1.54, 1.807) is 31.2 Å². The molecule has 0 saturated heterocycles. The topological polar surface area (TPSA) is 129 Å². The van der Waals surface area contributed by atoms with E-state index in [0.29, 0.717) is 10.8 Å². The normalized spacial score (nSPS) is 11.7. The van der Waals surface area contributed by atoms with Gasteiger partial charge in [-0.05, 0) is 13.0 Å². The zero-order valence-electron chi connectivity index (χ0n) is 18.3. The average Bonchev–Trinajstić information content (AvgIpc) is 3.52. The maximum atomic E-state index is 13.9. The monoisotopic (exact) mass is 513 g/mol. The molecule has 0 fully saturated rings. The Kier molecular flexibility index (Phi) is 5.55. The molecule has 0 bridgehead atoms. The molecule has 0 aliphatic carbocycles. The molecule has 0 aliphatic rings. The van der Waals surface area contributed by atoms with Crippen LogP contribution in [0.4, 0.5) is 24.7 Å². The molecular weight excluding hydrogens is 499 g/mol. The van der Waals surface area contributed by atoms with Gasteiger partial charge in [-0.25, -0.2) is 14.6 Å². The Morgan fingerprint density at radius 1 is 1.14 bits per heavy atom. The molecule has 0 saturated carbocycles. The zero-order valence-corrected chi connectivity index (χ0v) is 19.1. The number of anilines is 2. The van der Waals surface area contributed by atoms with Gasteiger partial charge in [0.1, 0.15) is 5.82 Å². The van der Waals surface area contributed by atoms with Crippen molar-refractivity contribution in [1.82, 2.24) is 34.7 Å². The van der Waals surface area contributed by atoms with Crippen LogP contribution in [-0.4, -0.2) is 40.6 Å². The van der Waals surface area contributed by atoms with Gasteiger partial charge in [-0.1, -0.05) is 35.9 Å². The van der Waals surface area contributed by atoms with E-state index in [4.69, 9.17) is 17.3 Å². The van der Waals surface area contributed by atoms with E-state index in [1.807, 2.05) is 0 Å². The maximum absolute atomic E-state index is 13.9. The van der Waals surface area contributed by atoms with Crippen molar-refractivity contribution in [2.45, 2.75) is 13.1 Å². The number of fused-ring (bicyclic) bond motifs is 1. The lowest BCUT2D eigenvalue weighted by Crippen LogP contribution is -2.18. The van der Waals surface area contributed by atoms with Crippen LogP contribution in [0.15, 0.2) is 55.1 Å². The summed E-state index contributed by atoms with van der Waals surface area (Å²) in [6, 6.07) is 8.14. The van der Waals surface area contributed by atoms with E-state index >= 15 is 0 Å². The van der Waals surface area contributed by atoms with Crippen LogP contribution >= 0.6 is 11.6 Å². The third-order valence-electron chi connectivity index (χ3n) is 5.28. The minimum absolute atomic E-state index is 0.0817. The van der Waals surface area contributed by atoms with Gasteiger partial charge in [0.15, 0.2) is 11.5 Å². The summed E-state index contributed by atoms with van der Waals surface area (Å²) in [4.78, 5) is 22.5. The van der Waals surface area contributed by atoms with Crippen LogP contribution in [0.3, 0.4) is 0 Å². The molecule has 4 aromatic heterocycles. The summed E-state index contributed by atoms with van der Waals surface area (Å²) in [5.41, 5.74) is 4.46. The van der Waals surface area contributed by atoms with Crippen molar-refractivity contribution in [2.75, 3.05) is 11.1 Å². The lowest BCUT2D eigenvalue weighted by molar-refractivity contribution is -0.141. The minimum Gasteiger partial charge on any atom is -0.383 e. The molecule has 0 spiro atoms. The zero-order chi connectivity index (χ0) is 25.6. The molecule has 0 atom stereocenters. The second kappa shape index (κ2) is 8.61. The fraction of sp³-hybridized carbons (Fsp3) is 0.0909. The van der Waals surface area contributed by atoms with Gasteiger partial charge in [-0.15, -0.1) is 4.80 Å². The van der Waals surface area contributed by atoms with Crippen molar-refractivity contribution < 1.29 is 18.0 Å². The number of hydrogen-bond donors (Lipinski definition) is 2. The number of hydrogen-bond acceptors (Lipinski definition) is 7. The summed E-state index contributed by atoms with van der Waals surface area (Å²) < 4.78 is 42.6. The van der Waals surface area contributed by atoms with Crippen molar-refractivity contribution in [3.63, 3.8) is 0 Å². The van der Waals surface area contributed by atoms with Crippen molar-refractivity contribution in [2.24, 2.45) is 0 Å². The Balaban J connectivity index is 1.55. The maximum Gasteiger partial charge on any atom is 0.435 e. The fourth-order valence-electron chi connectivity index (χ4n) is 3.60. The molecule has 3 N–H and O–H groups in total. The number of rotatable bonds is 4. The highest BCUT2D eigenvalue weighted by Crippen LogP contribution is 2.34. The summed E-state index contributed by atoms with van der Waals surface area (Å²) in [5.74, 6) is -0.639. The number of carbonyl (C=O) groups is 1. The Hall–Kier alpha value is -4.52. The largest absolute Gasteiger partial charge is 0.435 e. The molecule has 36 heavy (non-hydrogen) atoms. The first-order valence-electron chi connectivity index (χ1n) is 10.3. The van der Waals surface area contributed by atoms with Gasteiger partial charge in [0.2, 0.25) is 0 Å². The van der Waals surface area contributed by atoms with Crippen molar-refractivity contribution >= 4 is 39.8 Å². The number of pyridine rings is 2. The predicted octanol–water partition coefficient (Wildman–Crippen LogP) is 4.21. The van der Waals surface area contributed by atoms with Crippen LogP contribution < -0.4 is 11.1 Å². The van der Waals surface area contributed by atoms with Crippen LogP contribution in [-0.2, 0) is 6.18 Å². The van der Waals surface area contributed by atoms with Crippen LogP contribution in [0.5, 0.6) is 0 Å². The first-order chi connectivity index (χ1) is 17.1. The van der Waals surface area contributed by atoms with Gasteiger partial charge >= 0.3 is 6.18 Å². The third kappa shape index (κ3) is 4.09. The number of nitrogens with one attached hydrogen (secondary N) is 1. The summed E-state index contributed by atoms with van der Waals surface area (Å²) in [5, 5.41) is 15.1. The molecule has 1 amide bonds. The van der Waals surface area contributed by atoms with Crippen molar-refractivity contribution in [3.8, 4) is 11.5 Å². The van der Waals surface area contributed by atoms with Crippen LogP contribution in [0.2, 0.25) is 5.02 Å². The van der Waals surface area contributed by atoms with Crippen LogP contribution in [0.25, 0.3) is 22.3 Å². The number of nitrogen functional groups attached to an aromatic ring is 1. The number of nitrogens with two attached hydrogens (primary N) is 1. The number of aryl methyl sites for hydroxylation is 1. The highest BCUT2D eigenvalue weighted by Gasteiger charge is 2.39. The fourth-order valence-corrected chi connectivity index (χ4v) is 3.83. The van der Waals surface area contributed by atoms with Gasteiger partial charge in [0.05, 0.1) is 46.2 Å². The van der Waals surface area contributed by atoms with Gasteiger partial charge in [-0.3, -0.25) is 4.79 Å². The predicted molar refractivity (Wildman–Crippen MR) is 125 cm³/mol. The first-order valence-corrected chi connectivity index (χ1v) is 10.7. The highest BCUT2D eigenvalue weighted by molar-refractivity contribution is 6.32. The van der Waals surface area contributed by atoms with E-state index in [0.717, 1.165) is 10.9 Å². The second-order valence-electron chi connectivity index (χ2n) is 7.61. The molecule has 5 rings (SSSR count). The van der Waals surface area contributed by atoms with E-state index in [2.05, 4.69) is 30.6 Å². The molecule has 4 heterocycles. The molecular formula is C22H15ClF3N9O. The number of carbonyl (C=O) groups excluding carboxylic acids is 1. The molecule has 0 aliphatic heterocycles. The smallest absolute Gasteiger partial charge is 0.383 e. The summed E-state index contributed by atoms with van der Waals surface area (Å²) in [6.45, 7) is 1.55. The van der Waals surface area contributed by atoms with Gasteiger partial charge in [0, 0.05) is 17.0 Å². The number of halogens is 4. The highest BCUT2D eigenvalue weighted by atomic mass is 35.5. The Morgan fingerprint density at radius 2 is 1.83 bits per heavy atom. The number of benzene rings is 1. The minimum atomic E-state index is -4.91. The van der Waals surface area contributed by atoms with E-state index in [1.165, 1.54) is 29.5 Å². The molecule has 1 aromatic carbocycles. The summed E-state index contributed by atoms with van der Waals surface area (Å²) in [6.07, 6.45) is 0.237. The average molecular weight is 514 g/mol. The Morgan fingerprint density at radius 3 is 2.53 bits per heavy atom. The first kappa shape index (κ1) is 23.2. The lowest BCUT2D eigenvalue weighted by atomic mass is 10.1. The molecule has 10 nitrogen and oxygen atoms in total. The van der Waals surface area contributed by atoms with E-state index in [-0.39, 0.29) is 33.7 Å². The van der Waals surface area contributed by atoms with Crippen LogP contribution in [0, 0.1) is 6.92 Å². The number of amides is 1. The van der Waals surface area contributed by atoms with Crippen LogP contribution in [0.1, 0.15) is 21.7 Å². The quantitative estimate of drug-likeness (QED) is 0.368. The molecule has 0 radical (unpaired) electrons. The van der Waals surface area contributed by atoms with Gasteiger partial charge in [-0.2, -0.15) is 28.5 Å². The lowest BCUT2D eigenvalue weighted by Gasteiger charge is -2.11. The molecule has 14 heteroatoms. The summed E-state index contributed by atoms with van der Waals surface area (Å²) >= 11 is 6.25. The van der Waals surface area contributed by atoms with Crippen molar-refractivity contribution in [3.05, 3.63) is 77.1 Å². The third-order valence-corrected chi connectivity index (χ3v) is 5.56. The molecule has 0 unspecified atom stereocenters. The Bertz CT molecular complexity index is 1610. The molecule has 5 aromatic rings. The SMILES string of the molecule is Cc1nc(-n2nccn2)c(Cl)cc1NC(=O)c1cn(-c2cnc(N)c3ccccc23)nc1C(F)(F)F. The van der Waals surface area contributed by atoms with E-state index < -0.39 is 23.3 Å². The van der Waals surface area contributed by atoms with E-state index in [9.17, 15) is 18.0 Å². The number of aromatic nitrogens is 7. The van der Waals surface area contributed by atoms with Gasteiger partial charge in [0.25, 0.3) is 5.91 Å². The Labute approximate surface area is 205 Å². The number of alkyl halides is 3. The standard InChI is InChI=1S/C22H15ClF3N9O/c1-11-16(8-15(23)20(31-11)35-29-6-7-30-35)32-21(36)14-10-34(33-18(14)22(24,25)26)17-9-28-19(27)13-5-3-2-4-12(13)17/h2-10H,1H3,(H2,27,28)(H,32,36). The number of nitrogens with zero attached hydrogens (tertiary/aromatic N) is 7. The summed E-state index contributed by atoms with van der Waals surface area (Å²) in [7, 11) is 0. The van der Waals surface area contributed by atoms with Crippen molar-refractivity contribution in [1.29, 1.82) is 0 Å².